The number of rotatable bonds is 4. The standard InChI is InChI=1S/C14H19IN2O2/c1-19-14(18)12-4-2-11(3-5-12)10-17-8-6-13(16-15)7-9-17/h2-5,13,16H,6-10H2,1H3. The van der Waals surface area contributed by atoms with Crippen molar-refractivity contribution in [3.63, 3.8) is 0 Å². The summed E-state index contributed by atoms with van der Waals surface area (Å²) in [5, 5.41) is 0. The Kier molecular flexibility index (Phi) is 5.59. The lowest BCUT2D eigenvalue weighted by molar-refractivity contribution is 0.0600. The van der Waals surface area contributed by atoms with Gasteiger partial charge >= 0.3 is 5.97 Å². The van der Waals surface area contributed by atoms with Crippen LogP contribution in [0, 0.1) is 0 Å². The molecule has 1 N–H and O–H groups in total. The number of piperidine rings is 1. The van der Waals surface area contributed by atoms with Crippen molar-refractivity contribution >= 4 is 28.8 Å². The summed E-state index contributed by atoms with van der Waals surface area (Å²) in [6, 6.07) is 8.34. The summed E-state index contributed by atoms with van der Waals surface area (Å²) in [5.41, 5.74) is 1.85. The molecule has 1 saturated heterocycles. The fourth-order valence-corrected chi connectivity index (χ4v) is 2.95. The zero-order chi connectivity index (χ0) is 13.7. The molecule has 1 aromatic carbocycles. The van der Waals surface area contributed by atoms with Gasteiger partial charge in [0.25, 0.3) is 0 Å². The molecular formula is C14H19IN2O2. The molecule has 19 heavy (non-hydrogen) atoms. The Labute approximate surface area is 128 Å². The van der Waals surface area contributed by atoms with Crippen LogP contribution in [-0.2, 0) is 11.3 Å². The van der Waals surface area contributed by atoms with Crippen LogP contribution in [0.2, 0.25) is 0 Å². The van der Waals surface area contributed by atoms with Crippen LogP contribution in [-0.4, -0.2) is 37.1 Å². The molecule has 0 amide bonds. The molecule has 4 nitrogen and oxygen atoms in total. The van der Waals surface area contributed by atoms with Crippen molar-refractivity contribution in [1.82, 2.24) is 8.43 Å². The number of carbonyl (C=O) groups excluding carboxylic acids is 1. The molecule has 2 rings (SSSR count). The third-order valence-electron chi connectivity index (χ3n) is 3.52. The first-order valence-corrected chi connectivity index (χ1v) is 7.56. The second-order valence-corrected chi connectivity index (χ2v) is 5.47. The first kappa shape index (κ1) is 14.7. The highest BCUT2D eigenvalue weighted by molar-refractivity contribution is 14.1. The van der Waals surface area contributed by atoms with Gasteiger partial charge in [-0.3, -0.25) is 8.43 Å². The lowest BCUT2D eigenvalue weighted by Crippen LogP contribution is -2.39. The summed E-state index contributed by atoms with van der Waals surface area (Å²) in [5.74, 6) is -0.277. The highest BCUT2D eigenvalue weighted by Crippen LogP contribution is 2.15. The number of halogens is 1. The number of hydrogen-bond donors (Lipinski definition) is 1. The van der Waals surface area contributed by atoms with Gasteiger partial charge in [-0.15, -0.1) is 0 Å². The molecule has 1 heterocycles. The molecule has 0 aliphatic carbocycles. The minimum absolute atomic E-state index is 0.277. The number of nitrogens with zero attached hydrogens (tertiary/aromatic N) is 1. The minimum atomic E-state index is -0.277. The monoisotopic (exact) mass is 374 g/mol. The normalized spacial score (nSPS) is 17.4. The zero-order valence-corrected chi connectivity index (χ0v) is 13.2. The van der Waals surface area contributed by atoms with Crippen LogP contribution in [0.5, 0.6) is 0 Å². The van der Waals surface area contributed by atoms with Crippen LogP contribution in [0.15, 0.2) is 24.3 Å². The molecule has 0 radical (unpaired) electrons. The van der Waals surface area contributed by atoms with E-state index < -0.39 is 0 Å². The number of carbonyl (C=O) groups is 1. The predicted molar refractivity (Wildman–Crippen MR) is 83.2 cm³/mol. The molecule has 0 unspecified atom stereocenters. The summed E-state index contributed by atoms with van der Waals surface area (Å²) in [6.45, 7) is 3.20. The molecule has 1 fully saturated rings. The second-order valence-electron chi connectivity index (χ2n) is 4.85. The highest BCUT2D eigenvalue weighted by Gasteiger charge is 2.18. The predicted octanol–water partition coefficient (Wildman–Crippen LogP) is 2.38. The van der Waals surface area contributed by atoms with Crippen LogP contribution < -0.4 is 3.53 Å². The van der Waals surface area contributed by atoms with E-state index in [0.29, 0.717) is 11.6 Å². The van der Waals surface area contributed by atoms with E-state index in [4.69, 9.17) is 4.74 Å². The maximum Gasteiger partial charge on any atom is 0.337 e. The summed E-state index contributed by atoms with van der Waals surface area (Å²) in [4.78, 5) is 13.8. The van der Waals surface area contributed by atoms with Gasteiger partial charge < -0.3 is 4.74 Å². The van der Waals surface area contributed by atoms with E-state index in [2.05, 4.69) is 31.3 Å². The quantitative estimate of drug-likeness (QED) is 0.499. The molecule has 1 aliphatic rings. The Morgan fingerprint density at radius 3 is 2.53 bits per heavy atom. The number of esters is 1. The van der Waals surface area contributed by atoms with Crippen molar-refractivity contribution in [2.45, 2.75) is 25.4 Å². The van der Waals surface area contributed by atoms with Gasteiger partial charge in [-0.1, -0.05) is 12.1 Å². The molecule has 0 bridgehead atoms. The molecule has 104 valence electrons. The van der Waals surface area contributed by atoms with E-state index >= 15 is 0 Å². The average molecular weight is 374 g/mol. The lowest BCUT2D eigenvalue weighted by atomic mass is 10.0. The van der Waals surface area contributed by atoms with Crippen molar-refractivity contribution in [2.75, 3.05) is 20.2 Å². The van der Waals surface area contributed by atoms with Crippen molar-refractivity contribution in [1.29, 1.82) is 0 Å². The fraction of sp³-hybridized carbons (Fsp3) is 0.500. The number of likely N-dealkylation sites (tertiary alicyclic amines) is 1. The van der Waals surface area contributed by atoms with Crippen LogP contribution >= 0.6 is 22.9 Å². The van der Waals surface area contributed by atoms with E-state index in [-0.39, 0.29) is 5.97 Å². The average Bonchev–Trinajstić information content (AvgIpc) is 2.48. The Bertz CT molecular complexity index is 414. The summed E-state index contributed by atoms with van der Waals surface area (Å²) in [7, 11) is 1.40. The van der Waals surface area contributed by atoms with Gasteiger partial charge in [-0.05, 0) is 43.6 Å². The van der Waals surface area contributed by atoms with E-state index in [1.54, 1.807) is 0 Å². The van der Waals surface area contributed by atoms with E-state index in [1.165, 1.54) is 25.5 Å². The van der Waals surface area contributed by atoms with Crippen LogP contribution in [0.1, 0.15) is 28.8 Å². The highest BCUT2D eigenvalue weighted by atomic mass is 127. The van der Waals surface area contributed by atoms with Crippen molar-refractivity contribution in [2.24, 2.45) is 0 Å². The summed E-state index contributed by atoms with van der Waals surface area (Å²) in [6.07, 6.45) is 2.40. The Balaban J connectivity index is 1.88. The van der Waals surface area contributed by atoms with Gasteiger partial charge in [0.05, 0.1) is 12.7 Å². The zero-order valence-electron chi connectivity index (χ0n) is 11.1. The van der Waals surface area contributed by atoms with E-state index in [0.717, 1.165) is 19.6 Å². The van der Waals surface area contributed by atoms with Crippen LogP contribution in [0.25, 0.3) is 0 Å². The summed E-state index contributed by atoms with van der Waals surface area (Å²) < 4.78 is 8.00. The number of methoxy groups -OCH3 is 1. The van der Waals surface area contributed by atoms with E-state index in [9.17, 15) is 4.79 Å². The van der Waals surface area contributed by atoms with Gasteiger partial charge in [-0.2, -0.15) is 0 Å². The molecule has 0 aromatic heterocycles. The number of hydrogen-bond acceptors (Lipinski definition) is 4. The van der Waals surface area contributed by atoms with Crippen molar-refractivity contribution < 1.29 is 9.53 Å². The van der Waals surface area contributed by atoms with Crippen LogP contribution in [0.4, 0.5) is 0 Å². The van der Waals surface area contributed by atoms with Crippen LogP contribution in [0.3, 0.4) is 0 Å². The first-order valence-electron chi connectivity index (χ1n) is 6.48. The minimum Gasteiger partial charge on any atom is -0.465 e. The maximum atomic E-state index is 11.3. The SMILES string of the molecule is COC(=O)c1ccc(CN2CCC(NI)CC2)cc1. The fourth-order valence-electron chi connectivity index (χ4n) is 2.32. The van der Waals surface area contributed by atoms with Gasteiger partial charge in [0.2, 0.25) is 0 Å². The molecule has 1 aliphatic heterocycles. The summed E-state index contributed by atoms with van der Waals surface area (Å²) >= 11 is 2.24. The smallest absolute Gasteiger partial charge is 0.337 e. The Morgan fingerprint density at radius 2 is 2.00 bits per heavy atom. The van der Waals surface area contributed by atoms with E-state index in [1.807, 2.05) is 24.3 Å². The number of ether oxygens (including phenoxy) is 1. The van der Waals surface area contributed by atoms with Gasteiger partial charge in [0.15, 0.2) is 0 Å². The van der Waals surface area contributed by atoms with Crippen molar-refractivity contribution in [3.05, 3.63) is 35.4 Å². The lowest BCUT2D eigenvalue weighted by Gasteiger charge is -2.31. The van der Waals surface area contributed by atoms with Crippen molar-refractivity contribution in [3.8, 4) is 0 Å². The molecule has 0 spiro atoms. The second kappa shape index (κ2) is 7.21. The molecule has 0 saturated carbocycles. The number of benzene rings is 1. The molecular weight excluding hydrogens is 355 g/mol. The largest absolute Gasteiger partial charge is 0.465 e. The van der Waals surface area contributed by atoms with Gasteiger partial charge in [0, 0.05) is 35.5 Å². The third kappa shape index (κ3) is 4.15. The molecule has 0 atom stereocenters. The topological polar surface area (TPSA) is 41.6 Å². The Hall–Kier alpha value is -0.660. The number of nitrogens with one attached hydrogen (secondary N) is 1. The third-order valence-corrected chi connectivity index (χ3v) is 4.40. The first-order chi connectivity index (χ1) is 9.22. The van der Waals surface area contributed by atoms with Gasteiger partial charge in [-0.25, -0.2) is 4.79 Å². The molecule has 1 aromatic rings. The molecule has 5 heteroatoms. The van der Waals surface area contributed by atoms with Gasteiger partial charge in [0.1, 0.15) is 0 Å². The maximum absolute atomic E-state index is 11.3. The Morgan fingerprint density at radius 1 is 1.37 bits per heavy atom.